The number of rotatable bonds is 6. The van der Waals surface area contributed by atoms with Crippen LogP contribution in [0.2, 0.25) is 0 Å². The molecule has 3 rings (SSSR count). The van der Waals surface area contributed by atoms with Gasteiger partial charge in [0, 0.05) is 16.8 Å². The Morgan fingerprint density at radius 2 is 1.62 bits per heavy atom. The molecule has 0 aliphatic carbocycles. The monoisotopic (exact) mass is 357 g/mol. The highest BCUT2D eigenvalue weighted by Gasteiger charge is 2.40. The molecule has 0 amide bonds. The Labute approximate surface area is 155 Å². The fourth-order valence-electron chi connectivity index (χ4n) is 3.74. The van der Waals surface area contributed by atoms with Crippen molar-refractivity contribution < 1.29 is 18.9 Å². The summed E-state index contributed by atoms with van der Waals surface area (Å²) in [7, 11) is 4.85. The zero-order valence-corrected chi connectivity index (χ0v) is 16.1. The third kappa shape index (κ3) is 2.86. The number of hydrogen-bond donors (Lipinski definition) is 1. The maximum atomic E-state index is 6.61. The first kappa shape index (κ1) is 18.4. The molecule has 1 N–H and O–H groups in total. The molecule has 0 saturated carbocycles. The van der Waals surface area contributed by atoms with Gasteiger partial charge in [-0.25, -0.2) is 0 Å². The maximum absolute atomic E-state index is 6.61. The minimum Gasteiger partial charge on any atom is -0.493 e. The van der Waals surface area contributed by atoms with Gasteiger partial charge in [-0.2, -0.15) is 0 Å². The quantitative estimate of drug-likeness (QED) is 0.799. The van der Waals surface area contributed by atoms with Gasteiger partial charge >= 0.3 is 0 Å². The van der Waals surface area contributed by atoms with Crippen LogP contribution in [0.3, 0.4) is 0 Å². The van der Waals surface area contributed by atoms with Crippen molar-refractivity contribution in [1.29, 1.82) is 0 Å². The second-order valence-electron chi connectivity index (χ2n) is 6.31. The summed E-state index contributed by atoms with van der Waals surface area (Å²) < 4.78 is 23.2. The van der Waals surface area contributed by atoms with E-state index in [1.54, 1.807) is 21.3 Å². The predicted octanol–water partition coefficient (Wildman–Crippen LogP) is 4.87. The van der Waals surface area contributed by atoms with Crippen molar-refractivity contribution in [1.82, 2.24) is 0 Å². The Morgan fingerprint density at radius 3 is 2.23 bits per heavy atom. The first-order valence-corrected chi connectivity index (χ1v) is 8.96. The van der Waals surface area contributed by atoms with Crippen LogP contribution in [0.5, 0.6) is 17.2 Å². The first-order chi connectivity index (χ1) is 12.6. The predicted molar refractivity (Wildman–Crippen MR) is 102 cm³/mol. The summed E-state index contributed by atoms with van der Waals surface area (Å²) in [6.07, 6.45) is 1.42. The van der Waals surface area contributed by atoms with Crippen LogP contribution >= 0.6 is 0 Å². The smallest absolute Gasteiger partial charge is 0.203 e. The number of nitrogens with one attached hydrogen (secondary N) is 1. The van der Waals surface area contributed by atoms with Gasteiger partial charge in [-0.05, 0) is 31.0 Å². The van der Waals surface area contributed by atoms with Crippen LogP contribution in [0.15, 0.2) is 36.4 Å². The van der Waals surface area contributed by atoms with Gasteiger partial charge in [-0.15, -0.1) is 0 Å². The van der Waals surface area contributed by atoms with Crippen LogP contribution in [-0.4, -0.2) is 21.3 Å². The molecule has 5 nitrogen and oxygen atoms in total. The van der Waals surface area contributed by atoms with Crippen LogP contribution in [0.1, 0.15) is 44.0 Å². The lowest BCUT2D eigenvalue weighted by Crippen LogP contribution is -2.38. The van der Waals surface area contributed by atoms with Crippen LogP contribution < -0.4 is 19.5 Å². The molecule has 1 heterocycles. The Bertz CT molecular complexity index is 771. The van der Waals surface area contributed by atoms with Crippen molar-refractivity contribution in [3.05, 3.63) is 47.5 Å². The summed E-state index contributed by atoms with van der Waals surface area (Å²) in [5.41, 5.74) is 2.82. The summed E-state index contributed by atoms with van der Waals surface area (Å²) in [6.45, 7) is 4.32. The molecular formula is C21H27NO4. The Balaban J connectivity index is 2.12. The summed E-state index contributed by atoms with van der Waals surface area (Å²) >= 11 is 0. The van der Waals surface area contributed by atoms with Crippen molar-refractivity contribution in [2.24, 2.45) is 0 Å². The van der Waals surface area contributed by atoms with Gasteiger partial charge < -0.3 is 24.3 Å². The Kier molecular flexibility index (Phi) is 5.28. The highest BCUT2D eigenvalue weighted by molar-refractivity contribution is 5.61. The number of anilines is 1. The molecule has 2 aromatic rings. The van der Waals surface area contributed by atoms with E-state index in [0.717, 1.165) is 24.1 Å². The molecule has 2 aromatic carbocycles. The summed E-state index contributed by atoms with van der Waals surface area (Å²) in [4.78, 5) is 0. The number of fused-ring (bicyclic) bond motifs is 1. The van der Waals surface area contributed by atoms with E-state index in [2.05, 4.69) is 37.4 Å². The van der Waals surface area contributed by atoms with E-state index in [1.165, 1.54) is 5.56 Å². The molecule has 5 heteroatoms. The average molecular weight is 357 g/mol. The fraction of sp³-hybridized carbons (Fsp3) is 0.429. The molecule has 0 fully saturated rings. The Morgan fingerprint density at radius 1 is 0.923 bits per heavy atom. The number of benzene rings is 2. The van der Waals surface area contributed by atoms with Crippen LogP contribution in [0, 0.1) is 0 Å². The van der Waals surface area contributed by atoms with Crippen LogP contribution in [0.25, 0.3) is 0 Å². The van der Waals surface area contributed by atoms with Gasteiger partial charge in [0.25, 0.3) is 0 Å². The average Bonchev–Trinajstić information content (AvgIpc) is 2.71. The number of ether oxygens (including phenoxy) is 4. The van der Waals surface area contributed by atoms with Crippen molar-refractivity contribution in [2.45, 2.75) is 38.5 Å². The highest BCUT2D eigenvalue weighted by atomic mass is 16.5. The zero-order chi connectivity index (χ0) is 18.7. The van der Waals surface area contributed by atoms with E-state index in [1.807, 2.05) is 18.2 Å². The summed E-state index contributed by atoms with van der Waals surface area (Å²) in [6, 6.07) is 12.2. The Hall–Kier alpha value is -2.40. The van der Waals surface area contributed by atoms with E-state index < -0.39 is 0 Å². The van der Waals surface area contributed by atoms with Gasteiger partial charge in [-0.1, -0.05) is 32.0 Å². The minimum atomic E-state index is -0.348. The maximum Gasteiger partial charge on any atom is 0.203 e. The van der Waals surface area contributed by atoms with E-state index in [4.69, 9.17) is 18.9 Å². The number of methoxy groups -OCH3 is 3. The molecule has 26 heavy (non-hydrogen) atoms. The van der Waals surface area contributed by atoms with Gasteiger partial charge in [0.05, 0.1) is 26.9 Å². The van der Waals surface area contributed by atoms with Crippen molar-refractivity contribution in [2.75, 3.05) is 26.6 Å². The second kappa shape index (κ2) is 7.46. The topological polar surface area (TPSA) is 49.0 Å². The minimum absolute atomic E-state index is 0.343. The molecular weight excluding hydrogens is 330 g/mol. The van der Waals surface area contributed by atoms with Crippen molar-refractivity contribution in [3.8, 4) is 17.2 Å². The van der Waals surface area contributed by atoms with Crippen molar-refractivity contribution >= 4 is 5.69 Å². The van der Waals surface area contributed by atoms with E-state index in [-0.39, 0.29) is 11.8 Å². The lowest BCUT2D eigenvalue weighted by Gasteiger charge is -2.43. The first-order valence-electron chi connectivity index (χ1n) is 8.96. The third-order valence-electron chi connectivity index (χ3n) is 5.21. The molecule has 0 spiro atoms. The molecule has 1 atom stereocenters. The molecule has 0 radical (unpaired) electrons. The summed E-state index contributed by atoms with van der Waals surface area (Å²) in [5.74, 6) is 1.81. The van der Waals surface area contributed by atoms with Gasteiger partial charge in [-0.3, -0.25) is 0 Å². The molecule has 140 valence electrons. The molecule has 0 unspecified atom stereocenters. The standard InChI is InChI=1S/C21H27NO4/c1-6-21(7-2)15-10-8-9-11-16(15)22-20(26-21)14-12-13-17(23-3)19(25-5)18(14)24-4/h8-13,20,22H,6-7H2,1-5H3/t20-/m0/s1. The molecule has 1 aliphatic rings. The van der Waals surface area contributed by atoms with Crippen molar-refractivity contribution in [3.63, 3.8) is 0 Å². The van der Waals surface area contributed by atoms with Gasteiger partial charge in [0.15, 0.2) is 17.7 Å². The van der Waals surface area contributed by atoms with Gasteiger partial charge in [0.2, 0.25) is 5.75 Å². The third-order valence-corrected chi connectivity index (χ3v) is 5.21. The lowest BCUT2D eigenvalue weighted by molar-refractivity contribution is -0.104. The van der Waals surface area contributed by atoms with Crippen LogP contribution in [-0.2, 0) is 10.3 Å². The SMILES string of the molecule is CCC1(CC)O[C@@H](c2ccc(OC)c(OC)c2OC)Nc2ccccc21. The summed E-state index contributed by atoms with van der Waals surface area (Å²) in [5, 5.41) is 3.50. The van der Waals surface area contributed by atoms with E-state index in [9.17, 15) is 0 Å². The number of hydrogen-bond acceptors (Lipinski definition) is 5. The zero-order valence-electron chi connectivity index (χ0n) is 16.1. The number of para-hydroxylation sites is 1. The largest absolute Gasteiger partial charge is 0.493 e. The fourth-order valence-corrected chi connectivity index (χ4v) is 3.74. The molecule has 1 aliphatic heterocycles. The van der Waals surface area contributed by atoms with Crippen LogP contribution in [0.4, 0.5) is 5.69 Å². The van der Waals surface area contributed by atoms with E-state index in [0.29, 0.717) is 17.2 Å². The highest BCUT2D eigenvalue weighted by Crippen LogP contribution is 2.49. The molecule has 0 aromatic heterocycles. The lowest BCUT2D eigenvalue weighted by atomic mass is 9.85. The van der Waals surface area contributed by atoms with Gasteiger partial charge in [0.1, 0.15) is 0 Å². The molecule has 0 saturated heterocycles. The second-order valence-corrected chi connectivity index (χ2v) is 6.31. The molecule has 0 bridgehead atoms. The van der Waals surface area contributed by atoms with E-state index >= 15 is 0 Å². The normalized spacial score (nSPS) is 17.8.